The van der Waals surface area contributed by atoms with Gasteiger partial charge in [-0.15, -0.1) is 0 Å². The Kier molecular flexibility index (Phi) is 4.04. The maximum Gasteiger partial charge on any atom is 0.267 e. The maximum absolute atomic E-state index is 12.1. The highest BCUT2D eigenvalue weighted by molar-refractivity contribution is 5.37. The summed E-state index contributed by atoms with van der Waals surface area (Å²) in [4.78, 5) is 12.1. The quantitative estimate of drug-likeness (QED) is 0.846. The highest BCUT2D eigenvalue weighted by atomic mass is 16.1. The van der Waals surface area contributed by atoms with E-state index < -0.39 is 0 Å². The average Bonchev–Trinajstić information content (AvgIpc) is 2.34. The third-order valence-corrected chi connectivity index (χ3v) is 3.78. The Hall–Kier alpha value is -1.90. The molecule has 3 heteroatoms. The van der Waals surface area contributed by atoms with E-state index in [9.17, 15) is 4.79 Å². The van der Waals surface area contributed by atoms with Gasteiger partial charge >= 0.3 is 0 Å². The van der Waals surface area contributed by atoms with Gasteiger partial charge in [0.15, 0.2) is 0 Å². The highest BCUT2D eigenvalue weighted by Gasteiger charge is 2.17. The van der Waals surface area contributed by atoms with Crippen LogP contribution >= 0.6 is 0 Å². The van der Waals surface area contributed by atoms with E-state index in [1.165, 1.54) is 22.3 Å². The lowest BCUT2D eigenvalue weighted by Gasteiger charge is -2.19. The molecule has 0 aliphatic heterocycles. The van der Waals surface area contributed by atoms with E-state index in [2.05, 4.69) is 58.8 Å². The number of hydrogen-bond acceptors (Lipinski definition) is 2. The number of aromatic nitrogens is 2. The smallest absolute Gasteiger partial charge is 0.267 e. The van der Waals surface area contributed by atoms with Gasteiger partial charge in [0.1, 0.15) is 0 Å². The van der Waals surface area contributed by atoms with Crippen molar-refractivity contribution in [1.82, 2.24) is 9.78 Å². The van der Waals surface area contributed by atoms with E-state index >= 15 is 0 Å². The first-order valence-electron chi connectivity index (χ1n) is 7.34. The molecule has 0 saturated heterocycles. The van der Waals surface area contributed by atoms with E-state index in [1.807, 2.05) is 6.07 Å². The zero-order valence-electron chi connectivity index (χ0n) is 13.8. The molecule has 0 bridgehead atoms. The lowest BCUT2D eigenvalue weighted by molar-refractivity contribution is 0.517. The van der Waals surface area contributed by atoms with Crippen molar-refractivity contribution in [2.45, 2.75) is 53.5 Å². The van der Waals surface area contributed by atoms with Gasteiger partial charge in [0.25, 0.3) is 5.56 Å². The van der Waals surface area contributed by atoms with Crippen LogP contribution in [0.5, 0.6) is 0 Å². The molecule has 1 aromatic carbocycles. The fourth-order valence-corrected chi connectivity index (χ4v) is 2.57. The largest absolute Gasteiger partial charge is 0.268 e. The van der Waals surface area contributed by atoms with E-state index in [0.717, 1.165) is 5.69 Å². The summed E-state index contributed by atoms with van der Waals surface area (Å²) in [6, 6.07) is 7.75. The second-order valence-electron chi connectivity index (χ2n) is 6.84. The molecular weight excluding hydrogens is 260 g/mol. The Morgan fingerprint density at radius 3 is 2.14 bits per heavy atom. The molecule has 1 heterocycles. The van der Waals surface area contributed by atoms with Crippen LogP contribution in [0.4, 0.5) is 0 Å². The lowest BCUT2D eigenvalue weighted by Crippen LogP contribution is -2.27. The van der Waals surface area contributed by atoms with Gasteiger partial charge in [0, 0.05) is 11.5 Å². The summed E-state index contributed by atoms with van der Waals surface area (Å²) in [6.45, 7) is 13.1. The Balaban J connectivity index is 2.47. The van der Waals surface area contributed by atoms with Crippen LogP contribution in [0.3, 0.4) is 0 Å². The fourth-order valence-electron chi connectivity index (χ4n) is 2.57. The summed E-state index contributed by atoms with van der Waals surface area (Å²) >= 11 is 0. The molecule has 2 aromatic rings. The van der Waals surface area contributed by atoms with Crippen LogP contribution in [0.2, 0.25) is 0 Å². The zero-order valence-corrected chi connectivity index (χ0v) is 13.8. The predicted octanol–water partition coefficient (Wildman–Crippen LogP) is 3.51. The fraction of sp³-hybridized carbons (Fsp3) is 0.444. The molecule has 112 valence electrons. The average molecular weight is 284 g/mol. The Morgan fingerprint density at radius 2 is 1.62 bits per heavy atom. The van der Waals surface area contributed by atoms with Gasteiger partial charge in [-0.2, -0.15) is 5.10 Å². The lowest BCUT2D eigenvalue weighted by atomic mass is 9.92. The molecule has 0 spiro atoms. The van der Waals surface area contributed by atoms with Gasteiger partial charge in [-0.05, 0) is 43.5 Å². The van der Waals surface area contributed by atoms with Gasteiger partial charge in [-0.3, -0.25) is 4.79 Å². The van der Waals surface area contributed by atoms with Gasteiger partial charge in [0.05, 0.1) is 12.2 Å². The number of hydrogen-bond donors (Lipinski definition) is 0. The topological polar surface area (TPSA) is 34.9 Å². The Morgan fingerprint density at radius 1 is 1.05 bits per heavy atom. The van der Waals surface area contributed by atoms with Gasteiger partial charge < -0.3 is 0 Å². The van der Waals surface area contributed by atoms with Crippen molar-refractivity contribution in [2.75, 3.05) is 0 Å². The van der Waals surface area contributed by atoms with Crippen LogP contribution in [-0.2, 0) is 12.0 Å². The molecular formula is C18H24N2O. The van der Waals surface area contributed by atoms with E-state index in [4.69, 9.17) is 0 Å². The third-order valence-electron chi connectivity index (χ3n) is 3.78. The number of rotatable bonds is 2. The Labute approximate surface area is 126 Å². The molecule has 0 saturated carbocycles. The van der Waals surface area contributed by atoms with Gasteiger partial charge in [-0.25, -0.2) is 4.68 Å². The van der Waals surface area contributed by atoms with Crippen molar-refractivity contribution >= 4 is 0 Å². The summed E-state index contributed by atoms with van der Waals surface area (Å²) in [6.07, 6.45) is 0. The minimum atomic E-state index is -0.0627. The molecule has 0 radical (unpaired) electrons. The van der Waals surface area contributed by atoms with Crippen LogP contribution in [0.25, 0.3) is 0 Å². The van der Waals surface area contributed by atoms with Crippen molar-refractivity contribution in [3.63, 3.8) is 0 Å². The predicted molar refractivity (Wildman–Crippen MR) is 87.0 cm³/mol. The molecule has 0 aliphatic rings. The second-order valence-corrected chi connectivity index (χ2v) is 6.84. The van der Waals surface area contributed by atoms with Crippen molar-refractivity contribution in [3.8, 4) is 0 Å². The first kappa shape index (κ1) is 15.5. The molecule has 0 fully saturated rings. The summed E-state index contributed by atoms with van der Waals surface area (Å²) in [7, 11) is 0. The molecule has 0 atom stereocenters. The molecule has 1 aromatic heterocycles. The maximum atomic E-state index is 12.1. The highest BCUT2D eigenvalue weighted by Crippen LogP contribution is 2.20. The van der Waals surface area contributed by atoms with Crippen molar-refractivity contribution in [3.05, 3.63) is 62.6 Å². The minimum Gasteiger partial charge on any atom is -0.268 e. The van der Waals surface area contributed by atoms with Crippen LogP contribution < -0.4 is 5.56 Å². The Bertz CT molecular complexity index is 698. The summed E-state index contributed by atoms with van der Waals surface area (Å²) < 4.78 is 1.57. The summed E-state index contributed by atoms with van der Waals surface area (Å²) in [5.41, 5.74) is 5.67. The second kappa shape index (κ2) is 5.47. The molecule has 2 rings (SSSR count). The third kappa shape index (κ3) is 3.41. The van der Waals surface area contributed by atoms with E-state index in [-0.39, 0.29) is 11.0 Å². The normalized spacial score (nSPS) is 11.7. The van der Waals surface area contributed by atoms with E-state index in [1.54, 1.807) is 10.7 Å². The van der Waals surface area contributed by atoms with Crippen molar-refractivity contribution < 1.29 is 0 Å². The molecule has 3 nitrogen and oxygen atoms in total. The molecule has 0 N–H and O–H groups in total. The summed E-state index contributed by atoms with van der Waals surface area (Å²) in [5, 5.41) is 4.55. The molecule has 0 amide bonds. The number of benzene rings is 1. The first-order valence-corrected chi connectivity index (χ1v) is 7.34. The van der Waals surface area contributed by atoms with Crippen molar-refractivity contribution in [2.24, 2.45) is 0 Å². The van der Waals surface area contributed by atoms with Crippen LogP contribution in [0.1, 0.15) is 48.7 Å². The monoisotopic (exact) mass is 284 g/mol. The molecule has 21 heavy (non-hydrogen) atoms. The van der Waals surface area contributed by atoms with Crippen LogP contribution in [0.15, 0.2) is 29.1 Å². The number of aryl methyl sites for hydroxylation is 3. The zero-order chi connectivity index (χ0) is 15.8. The van der Waals surface area contributed by atoms with E-state index in [0.29, 0.717) is 6.54 Å². The van der Waals surface area contributed by atoms with Gasteiger partial charge in [-0.1, -0.05) is 38.5 Å². The van der Waals surface area contributed by atoms with Crippen molar-refractivity contribution in [1.29, 1.82) is 0 Å². The summed E-state index contributed by atoms with van der Waals surface area (Å²) in [5.74, 6) is 0. The standard InChI is InChI=1S/C18H24N2O/c1-12-9-13(2)15(14(3)10-12)11-20-17(21)8-7-16(19-20)18(4,5)6/h7-10H,11H2,1-6H3. The van der Waals surface area contributed by atoms with Crippen LogP contribution in [-0.4, -0.2) is 9.78 Å². The minimum absolute atomic E-state index is 0.0534. The SMILES string of the molecule is Cc1cc(C)c(Cn2nc(C(C)(C)C)ccc2=O)c(C)c1. The number of nitrogens with zero attached hydrogens (tertiary/aromatic N) is 2. The molecule has 0 unspecified atom stereocenters. The molecule has 0 aliphatic carbocycles. The first-order chi connectivity index (χ1) is 9.68. The van der Waals surface area contributed by atoms with Crippen LogP contribution in [0, 0.1) is 20.8 Å². The van der Waals surface area contributed by atoms with Gasteiger partial charge in [0.2, 0.25) is 0 Å².